The van der Waals surface area contributed by atoms with Gasteiger partial charge in [-0.1, -0.05) is 6.08 Å². The number of hydrogen-bond acceptors (Lipinski definition) is 3. The van der Waals surface area contributed by atoms with Crippen molar-refractivity contribution in [2.45, 2.75) is 25.7 Å². The molecule has 1 aliphatic rings. The fraction of sp³-hybridized carbons (Fsp3) is 0.583. The van der Waals surface area contributed by atoms with Crippen LogP contribution in [0.4, 0.5) is 0 Å². The van der Waals surface area contributed by atoms with Crippen LogP contribution in [0.15, 0.2) is 18.5 Å². The molecule has 2 heterocycles. The number of amides is 1. The van der Waals surface area contributed by atoms with Gasteiger partial charge in [0.1, 0.15) is 12.2 Å². The summed E-state index contributed by atoms with van der Waals surface area (Å²) in [6, 6.07) is 0. The van der Waals surface area contributed by atoms with Crippen LogP contribution in [-0.2, 0) is 11.8 Å². The highest BCUT2D eigenvalue weighted by molar-refractivity contribution is 5.87. The highest BCUT2D eigenvalue weighted by Crippen LogP contribution is 2.24. The minimum absolute atomic E-state index is 0.0966. The zero-order valence-electron chi connectivity index (χ0n) is 10.3. The first-order chi connectivity index (χ1) is 8.22. The number of hydrogen-bond donors (Lipinski definition) is 0. The van der Waals surface area contributed by atoms with Crippen LogP contribution in [0, 0.1) is 0 Å². The summed E-state index contributed by atoms with van der Waals surface area (Å²) in [7, 11) is 1.95. The van der Waals surface area contributed by atoms with E-state index in [-0.39, 0.29) is 5.91 Å². The molecule has 1 amide bonds. The van der Waals surface area contributed by atoms with E-state index in [4.69, 9.17) is 0 Å². The molecule has 0 N–H and O–H groups in total. The molecular formula is C12H18N4O. The number of carbonyl (C=O) groups excluding carboxylic acids is 1. The summed E-state index contributed by atoms with van der Waals surface area (Å²) < 4.78 is 1.94. The fourth-order valence-electron chi connectivity index (χ4n) is 2.30. The zero-order valence-corrected chi connectivity index (χ0v) is 10.3. The van der Waals surface area contributed by atoms with E-state index in [1.165, 1.54) is 0 Å². The Hall–Kier alpha value is -1.65. The highest BCUT2D eigenvalue weighted by atomic mass is 16.2. The van der Waals surface area contributed by atoms with Crippen molar-refractivity contribution >= 4 is 5.91 Å². The van der Waals surface area contributed by atoms with Crippen LogP contribution in [0.25, 0.3) is 0 Å². The Bertz CT molecular complexity index is 424. The molecule has 1 aromatic heterocycles. The fourth-order valence-corrected chi connectivity index (χ4v) is 2.30. The van der Waals surface area contributed by atoms with E-state index in [0.29, 0.717) is 5.92 Å². The summed E-state index contributed by atoms with van der Waals surface area (Å²) in [4.78, 5) is 13.7. The Balaban J connectivity index is 2.07. The van der Waals surface area contributed by atoms with E-state index in [0.717, 1.165) is 31.8 Å². The lowest BCUT2D eigenvalue weighted by molar-refractivity contribution is -0.127. The van der Waals surface area contributed by atoms with Crippen LogP contribution in [0.1, 0.15) is 31.5 Å². The van der Waals surface area contributed by atoms with Gasteiger partial charge in [0.05, 0.1) is 0 Å². The molecule has 17 heavy (non-hydrogen) atoms. The van der Waals surface area contributed by atoms with E-state index in [9.17, 15) is 4.79 Å². The van der Waals surface area contributed by atoms with Gasteiger partial charge in [-0.25, -0.2) is 0 Å². The van der Waals surface area contributed by atoms with Gasteiger partial charge in [0, 0.05) is 26.1 Å². The summed E-state index contributed by atoms with van der Waals surface area (Å²) in [6.45, 7) is 3.45. The Morgan fingerprint density at radius 2 is 2.41 bits per heavy atom. The van der Waals surface area contributed by atoms with E-state index < -0.39 is 0 Å². The van der Waals surface area contributed by atoms with Gasteiger partial charge in [0.25, 0.3) is 0 Å². The first-order valence-corrected chi connectivity index (χ1v) is 5.98. The van der Waals surface area contributed by atoms with Crippen molar-refractivity contribution in [1.29, 1.82) is 0 Å². The normalized spacial score (nSPS) is 21.1. The van der Waals surface area contributed by atoms with Crippen molar-refractivity contribution in [1.82, 2.24) is 19.7 Å². The molecule has 1 saturated heterocycles. The number of rotatable bonds is 2. The van der Waals surface area contributed by atoms with Gasteiger partial charge in [-0.3, -0.25) is 4.79 Å². The predicted molar refractivity (Wildman–Crippen MR) is 64.4 cm³/mol. The molecule has 0 radical (unpaired) electrons. The van der Waals surface area contributed by atoms with Crippen molar-refractivity contribution < 1.29 is 4.79 Å². The van der Waals surface area contributed by atoms with Gasteiger partial charge < -0.3 is 9.47 Å². The monoisotopic (exact) mass is 234 g/mol. The number of nitrogens with zero attached hydrogens (tertiary/aromatic N) is 4. The Morgan fingerprint density at radius 1 is 1.59 bits per heavy atom. The number of allylic oxidation sites excluding steroid dienone is 1. The van der Waals surface area contributed by atoms with Crippen LogP contribution in [0.2, 0.25) is 0 Å². The molecule has 0 aromatic carbocycles. The summed E-state index contributed by atoms with van der Waals surface area (Å²) >= 11 is 0. The second kappa shape index (κ2) is 5.12. The summed E-state index contributed by atoms with van der Waals surface area (Å²) in [5, 5.41) is 8.03. The molecule has 1 fully saturated rings. The van der Waals surface area contributed by atoms with E-state index >= 15 is 0 Å². The molecule has 1 aromatic rings. The third-order valence-electron chi connectivity index (χ3n) is 3.15. The van der Waals surface area contributed by atoms with Crippen molar-refractivity contribution in [3.63, 3.8) is 0 Å². The maximum absolute atomic E-state index is 11.8. The van der Waals surface area contributed by atoms with E-state index in [1.54, 1.807) is 18.5 Å². The minimum Gasteiger partial charge on any atom is -0.338 e. The van der Waals surface area contributed by atoms with Gasteiger partial charge in [-0.15, -0.1) is 10.2 Å². The SMILES string of the molecule is CC=CC(=O)N1CCCC(c2nncn2C)C1. The third-order valence-corrected chi connectivity index (χ3v) is 3.15. The molecule has 92 valence electrons. The average molecular weight is 234 g/mol. The molecule has 1 atom stereocenters. The first-order valence-electron chi connectivity index (χ1n) is 5.98. The summed E-state index contributed by atoms with van der Waals surface area (Å²) in [5.41, 5.74) is 0. The number of aromatic nitrogens is 3. The van der Waals surface area contributed by atoms with Gasteiger partial charge in [-0.2, -0.15) is 0 Å². The molecule has 0 saturated carbocycles. The molecule has 0 bridgehead atoms. The number of carbonyl (C=O) groups is 1. The Labute approximate surface area is 101 Å². The second-order valence-corrected chi connectivity index (χ2v) is 4.42. The third kappa shape index (κ3) is 2.54. The van der Waals surface area contributed by atoms with Crippen LogP contribution in [0.5, 0.6) is 0 Å². The molecule has 0 aliphatic carbocycles. The highest BCUT2D eigenvalue weighted by Gasteiger charge is 2.26. The lowest BCUT2D eigenvalue weighted by Crippen LogP contribution is -2.38. The summed E-state index contributed by atoms with van der Waals surface area (Å²) in [5.74, 6) is 1.38. The lowest BCUT2D eigenvalue weighted by Gasteiger charge is -2.31. The number of likely N-dealkylation sites (tertiary alicyclic amines) is 1. The van der Waals surface area contributed by atoms with E-state index in [2.05, 4.69) is 10.2 Å². The largest absolute Gasteiger partial charge is 0.338 e. The van der Waals surface area contributed by atoms with Crippen LogP contribution >= 0.6 is 0 Å². The van der Waals surface area contributed by atoms with Crippen LogP contribution in [0.3, 0.4) is 0 Å². The van der Waals surface area contributed by atoms with Crippen molar-refractivity contribution in [3.8, 4) is 0 Å². The quantitative estimate of drug-likeness (QED) is 0.720. The predicted octanol–water partition coefficient (Wildman–Crippen LogP) is 1.10. The van der Waals surface area contributed by atoms with Gasteiger partial charge in [0.15, 0.2) is 0 Å². The van der Waals surface area contributed by atoms with Crippen molar-refractivity contribution in [2.75, 3.05) is 13.1 Å². The number of piperidine rings is 1. The van der Waals surface area contributed by atoms with Gasteiger partial charge >= 0.3 is 0 Å². The maximum Gasteiger partial charge on any atom is 0.246 e. The summed E-state index contributed by atoms with van der Waals surface area (Å²) in [6.07, 6.45) is 7.22. The van der Waals surface area contributed by atoms with Gasteiger partial charge in [0.2, 0.25) is 5.91 Å². The molecule has 1 unspecified atom stereocenters. The topological polar surface area (TPSA) is 51.0 Å². The Kier molecular flexibility index (Phi) is 3.56. The molecule has 2 rings (SSSR count). The lowest BCUT2D eigenvalue weighted by atomic mass is 9.97. The molecule has 1 aliphatic heterocycles. The average Bonchev–Trinajstić information content (AvgIpc) is 2.76. The van der Waals surface area contributed by atoms with Gasteiger partial charge in [-0.05, 0) is 25.8 Å². The standard InChI is InChI=1S/C12H18N4O/c1-3-5-11(17)16-7-4-6-10(8-16)12-14-13-9-15(12)2/h3,5,9-10H,4,6-8H2,1-2H3. The minimum atomic E-state index is 0.0966. The molecular weight excluding hydrogens is 216 g/mol. The van der Waals surface area contributed by atoms with Crippen molar-refractivity contribution in [2.24, 2.45) is 7.05 Å². The smallest absolute Gasteiger partial charge is 0.246 e. The van der Waals surface area contributed by atoms with Crippen molar-refractivity contribution in [3.05, 3.63) is 24.3 Å². The van der Waals surface area contributed by atoms with Crippen LogP contribution in [-0.4, -0.2) is 38.7 Å². The zero-order chi connectivity index (χ0) is 12.3. The van der Waals surface area contributed by atoms with Crippen LogP contribution < -0.4 is 0 Å². The first kappa shape index (κ1) is 11.8. The molecule has 5 heteroatoms. The Morgan fingerprint density at radius 3 is 3.06 bits per heavy atom. The second-order valence-electron chi connectivity index (χ2n) is 4.42. The molecule has 5 nitrogen and oxygen atoms in total. The maximum atomic E-state index is 11.8. The number of aryl methyl sites for hydroxylation is 1. The van der Waals surface area contributed by atoms with E-state index in [1.807, 2.05) is 23.4 Å². The molecule has 0 spiro atoms.